The lowest BCUT2D eigenvalue weighted by molar-refractivity contribution is 0.0460. The fraction of sp³-hybridized carbons (Fsp3) is 0.542. The van der Waals surface area contributed by atoms with Crippen molar-refractivity contribution in [3.63, 3.8) is 0 Å². The second-order valence-corrected chi connectivity index (χ2v) is 9.47. The van der Waals surface area contributed by atoms with Crippen molar-refractivity contribution in [3.8, 4) is 5.69 Å². The fourth-order valence-electron chi connectivity index (χ4n) is 4.03. The first-order chi connectivity index (χ1) is 14.5. The first kappa shape index (κ1) is 22.8. The first-order valence-electron chi connectivity index (χ1n) is 11.0. The highest BCUT2D eigenvalue weighted by Gasteiger charge is 2.29. The molecule has 3 rings (SSSR count). The number of aryl methyl sites for hydroxylation is 2. The molecule has 0 spiro atoms. The van der Waals surface area contributed by atoms with Gasteiger partial charge in [0, 0.05) is 30.4 Å². The summed E-state index contributed by atoms with van der Waals surface area (Å²) in [7, 11) is 0. The summed E-state index contributed by atoms with van der Waals surface area (Å²) >= 11 is 0. The SMILES string of the molecule is Cc1cc(C)n(-c2ccc(C(=O)N3CCC[C@@H]([C@@H](C)NC(=O)OC(C)(C)C)C3)cc2)n1. The molecule has 1 fully saturated rings. The summed E-state index contributed by atoms with van der Waals surface area (Å²) in [4.78, 5) is 27.1. The number of hydrogen-bond donors (Lipinski definition) is 1. The number of carbonyl (C=O) groups is 2. The molecular weight excluding hydrogens is 392 g/mol. The van der Waals surface area contributed by atoms with Crippen molar-refractivity contribution in [1.82, 2.24) is 20.0 Å². The lowest BCUT2D eigenvalue weighted by atomic mass is 9.91. The maximum absolute atomic E-state index is 13.1. The van der Waals surface area contributed by atoms with Crippen LogP contribution < -0.4 is 5.32 Å². The number of amides is 2. The minimum Gasteiger partial charge on any atom is -0.444 e. The first-order valence-corrected chi connectivity index (χ1v) is 11.0. The van der Waals surface area contributed by atoms with Crippen LogP contribution in [0.25, 0.3) is 5.69 Å². The summed E-state index contributed by atoms with van der Waals surface area (Å²) in [5, 5.41) is 7.43. The van der Waals surface area contributed by atoms with E-state index >= 15 is 0 Å². The van der Waals surface area contributed by atoms with Gasteiger partial charge in [0.1, 0.15) is 5.60 Å². The number of aromatic nitrogens is 2. The standard InChI is InChI=1S/C24H34N4O3/c1-16-14-17(2)28(26-16)21-11-9-19(10-12-21)22(29)27-13-7-8-20(15-27)18(3)25-23(30)31-24(4,5)6/h9-12,14,18,20H,7-8,13,15H2,1-6H3,(H,25,30)/t18-,20-/m1/s1. The molecule has 2 aromatic rings. The minimum atomic E-state index is -0.530. The Labute approximate surface area is 184 Å². The number of piperidine rings is 1. The molecule has 1 aliphatic heterocycles. The van der Waals surface area contributed by atoms with Gasteiger partial charge in [-0.3, -0.25) is 4.79 Å². The smallest absolute Gasteiger partial charge is 0.407 e. The van der Waals surface area contributed by atoms with Gasteiger partial charge >= 0.3 is 6.09 Å². The van der Waals surface area contributed by atoms with Crippen molar-refractivity contribution in [1.29, 1.82) is 0 Å². The molecule has 0 bridgehead atoms. The molecule has 7 heteroatoms. The van der Waals surface area contributed by atoms with E-state index in [2.05, 4.69) is 10.4 Å². The molecule has 2 amide bonds. The Hall–Kier alpha value is -2.83. The van der Waals surface area contributed by atoms with Crippen LogP contribution in [0, 0.1) is 19.8 Å². The normalized spacial score (nSPS) is 17.9. The van der Waals surface area contributed by atoms with Crippen LogP contribution >= 0.6 is 0 Å². The number of hydrogen-bond acceptors (Lipinski definition) is 4. The minimum absolute atomic E-state index is 0.0223. The molecule has 2 atom stereocenters. The van der Waals surface area contributed by atoms with Gasteiger partial charge in [-0.05, 0) is 90.6 Å². The maximum atomic E-state index is 13.1. The van der Waals surface area contributed by atoms with Crippen LogP contribution in [-0.2, 0) is 4.74 Å². The Morgan fingerprint density at radius 1 is 1.19 bits per heavy atom. The average Bonchev–Trinajstić information content (AvgIpc) is 3.04. The molecule has 0 unspecified atom stereocenters. The fourth-order valence-corrected chi connectivity index (χ4v) is 4.03. The van der Waals surface area contributed by atoms with Crippen LogP contribution in [0.5, 0.6) is 0 Å². The van der Waals surface area contributed by atoms with Gasteiger partial charge in [-0.25, -0.2) is 9.48 Å². The number of nitrogens with zero attached hydrogens (tertiary/aromatic N) is 3. The van der Waals surface area contributed by atoms with E-state index in [0.717, 1.165) is 36.5 Å². The highest BCUT2D eigenvalue weighted by Crippen LogP contribution is 2.22. The molecule has 0 aliphatic carbocycles. The molecule has 1 aliphatic rings. The number of alkyl carbamates (subject to hydrolysis) is 1. The van der Waals surface area contributed by atoms with Crippen LogP contribution in [0.3, 0.4) is 0 Å². The lowest BCUT2D eigenvalue weighted by Gasteiger charge is -2.36. The van der Waals surface area contributed by atoms with Crippen molar-refractivity contribution >= 4 is 12.0 Å². The van der Waals surface area contributed by atoms with E-state index in [4.69, 9.17) is 4.74 Å². The number of likely N-dealkylation sites (tertiary alicyclic amines) is 1. The Bertz CT molecular complexity index is 927. The summed E-state index contributed by atoms with van der Waals surface area (Å²) in [6, 6.07) is 9.54. The van der Waals surface area contributed by atoms with Gasteiger partial charge in [0.25, 0.3) is 5.91 Å². The third kappa shape index (κ3) is 5.87. The highest BCUT2D eigenvalue weighted by molar-refractivity contribution is 5.94. The van der Waals surface area contributed by atoms with E-state index in [1.54, 1.807) is 0 Å². The molecule has 1 saturated heterocycles. The number of carbonyl (C=O) groups excluding carboxylic acids is 2. The second kappa shape index (κ2) is 9.12. The van der Waals surface area contributed by atoms with Gasteiger partial charge in [-0.2, -0.15) is 5.10 Å². The molecule has 1 aromatic carbocycles. The lowest BCUT2D eigenvalue weighted by Crippen LogP contribution is -2.48. The zero-order chi connectivity index (χ0) is 22.8. The van der Waals surface area contributed by atoms with E-state index < -0.39 is 11.7 Å². The average molecular weight is 427 g/mol. The zero-order valence-electron chi connectivity index (χ0n) is 19.4. The van der Waals surface area contributed by atoms with Crippen molar-refractivity contribution in [3.05, 3.63) is 47.3 Å². The second-order valence-electron chi connectivity index (χ2n) is 9.47. The topological polar surface area (TPSA) is 76.5 Å². The van der Waals surface area contributed by atoms with Crippen LogP contribution in [0.15, 0.2) is 30.3 Å². The molecular formula is C24H34N4O3. The molecule has 31 heavy (non-hydrogen) atoms. The van der Waals surface area contributed by atoms with Gasteiger partial charge in [0.15, 0.2) is 0 Å². The Kier molecular flexibility index (Phi) is 6.72. The van der Waals surface area contributed by atoms with Gasteiger partial charge in [-0.1, -0.05) is 0 Å². The molecule has 0 saturated carbocycles. The summed E-state index contributed by atoms with van der Waals surface area (Å²) in [5.41, 5.74) is 3.10. The predicted octanol–water partition coefficient (Wildman–Crippen LogP) is 4.25. The quantitative estimate of drug-likeness (QED) is 0.793. The van der Waals surface area contributed by atoms with Gasteiger partial charge < -0.3 is 15.0 Å². The molecule has 1 N–H and O–H groups in total. The summed E-state index contributed by atoms with van der Waals surface area (Å²) in [6.07, 6.45) is 1.47. The molecule has 2 heterocycles. The third-order valence-electron chi connectivity index (χ3n) is 5.56. The number of ether oxygens (including phenoxy) is 1. The van der Waals surface area contributed by atoms with E-state index in [9.17, 15) is 9.59 Å². The Balaban J connectivity index is 1.62. The van der Waals surface area contributed by atoms with E-state index in [1.165, 1.54) is 0 Å². The van der Waals surface area contributed by atoms with Crippen molar-refractivity contribution in [2.75, 3.05) is 13.1 Å². The Morgan fingerprint density at radius 3 is 2.45 bits per heavy atom. The van der Waals surface area contributed by atoms with Gasteiger partial charge in [-0.15, -0.1) is 0 Å². The summed E-state index contributed by atoms with van der Waals surface area (Å²) in [6.45, 7) is 12.8. The maximum Gasteiger partial charge on any atom is 0.407 e. The van der Waals surface area contributed by atoms with Crippen molar-refractivity contribution in [2.24, 2.45) is 5.92 Å². The van der Waals surface area contributed by atoms with Gasteiger partial charge in [0.05, 0.1) is 11.4 Å². The van der Waals surface area contributed by atoms with Crippen LogP contribution in [0.4, 0.5) is 4.79 Å². The van der Waals surface area contributed by atoms with Crippen LogP contribution in [-0.4, -0.2) is 51.4 Å². The number of rotatable bonds is 4. The molecule has 168 valence electrons. The van der Waals surface area contributed by atoms with Crippen LogP contribution in [0.1, 0.15) is 62.3 Å². The number of nitrogens with one attached hydrogen (secondary N) is 1. The summed E-state index contributed by atoms with van der Waals surface area (Å²) < 4.78 is 7.24. The van der Waals surface area contributed by atoms with E-state index in [-0.39, 0.29) is 17.9 Å². The van der Waals surface area contributed by atoms with E-state index in [0.29, 0.717) is 12.1 Å². The monoisotopic (exact) mass is 426 g/mol. The predicted molar refractivity (Wildman–Crippen MR) is 120 cm³/mol. The summed E-state index contributed by atoms with van der Waals surface area (Å²) in [5.74, 6) is 0.216. The van der Waals surface area contributed by atoms with Crippen LogP contribution in [0.2, 0.25) is 0 Å². The van der Waals surface area contributed by atoms with Crippen molar-refractivity contribution in [2.45, 2.75) is 66.0 Å². The molecule has 1 aromatic heterocycles. The molecule has 7 nitrogen and oxygen atoms in total. The Morgan fingerprint density at radius 2 is 1.87 bits per heavy atom. The van der Waals surface area contributed by atoms with E-state index in [1.807, 2.05) is 81.5 Å². The largest absolute Gasteiger partial charge is 0.444 e. The highest BCUT2D eigenvalue weighted by atomic mass is 16.6. The zero-order valence-corrected chi connectivity index (χ0v) is 19.4. The van der Waals surface area contributed by atoms with Gasteiger partial charge in [0.2, 0.25) is 0 Å². The van der Waals surface area contributed by atoms with Crippen molar-refractivity contribution < 1.29 is 14.3 Å². The third-order valence-corrected chi connectivity index (χ3v) is 5.56. The molecule has 0 radical (unpaired) electrons. The number of benzene rings is 1.